The summed E-state index contributed by atoms with van der Waals surface area (Å²) < 4.78 is 32.6. The van der Waals surface area contributed by atoms with Crippen molar-refractivity contribution in [2.75, 3.05) is 59.0 Å². The molecule has 5 fully saturated rings. The van der Waals surface area contributed by atoms with Gasteiger partial charge in [-0.15, -0.1) is 0 Å². The average molecular weight is 727 g/mol. The Bertz CT molecular complexity index is 1230. The minimum Gasteiger partial charge on any atom is -0.379 e. The fourth-order valence-corrected chi connectivity index (χ4v) is 7.56. The van der Waals surface area contributed by atoms with Crippen LogP contribution in [0.2, 0.25) is 0 Å². The van der Waals surface area contributed by atoms with E-state index in [-0.39, 0.29) is 25.5 Å². The minimum absolute atomic E-state index is 0. The summed E-state index contributed by atoms with van der Waals surface area (Å²) >= 11 is 0. The summed E-state index contributed by atoms with van der Waals surface area (Å²) in [5, 5.41) is 9.05. The number of alkyl halides is 2. The van der Waals surface area contributed by atoms with Crippen LogP contribution in [0.3, 0.4) is 0 Å². The van der Waals surface area contributed by atoms with E-state index in [0.717, 1.165) is 64.7 Å². The van der Waals surface area contributed by atoms with Gasteiger partial charge < -0.3 is 24.8 Å². The predicted octanol–water partition coefficient (Wildman–Crippen LogP) is 6.06. The molecule has 5 aliphatic rings. The molecular formula is C38H68F2N6O5. The predicted molar refractivity (Wildman–Crippen MR) is 198 cm³/mol. The van der Waals surface area contributed by atoms with Gasteiger partial charge in [-0.25, -0.2) is 8.78 Å². The van der Waals surface area contributed by atoms with Crippen LogP contribution in [-0.2, 0) is 19.1 Å². The molecule has 0 bridgehead atoms. The molecule has 1 aromatic rings. The number of nitrogens with one attached hydrogen (secondary N) is 2. The second-order valence-electron chi connectivity index (χ2n) is 15.9. The Morgan fingerprint density at radius 2 is 1.65 bits per heavy atom. The highest BCUT2D eigenvalue weighted by Crippen LogP contribution is 2.54. The van der Waals surface area contributed by atoms with Crippen molar-refractivity contribution in [2.45, 2.75) is 117 Å². The summed E-state index contributed by atoms with van der Waals surface area (Å²) in [5.74, 6) is 1.06. The van der Waals surface area contributed by atoms with E-state index in [2.05, 4.69) is 29.4 Å². The molecule has 4 heterocycles. The first-order valence-corrected chi connectivity index (χ1v) is 19.1. The zero-order chi connectivity index (χ0) is 37.7. The molecule has 2 saturated carbocycles. The number of aromatic amines is 1. The topological polar surface area (TPSA) is 128 Å². The number of carbonyl (C=O) groups is 4. The molecule has 4 amide bonds. The smallest absolute Gasteiger partial charge is 0.257 e. The van der Waals surface area contributed by atoms with Crippen LogP contribution in [0.1, 0.15) is 119 Å². The van der Waals surface area contributed by atoms with Gasteiger partial charge in [-0.3, -0.25) is 24.3 Å². The number of likely N-dealkylation sites (tertiary alicyclic amines) is 3. The van der Waals surface area contributed by atoms with Crippen molar-refractivity contribution in [1.29, 1.82) is 0 Å². The molecule has 2 N–H and O–H groups in total. The molecular weight excluding hydrogens is 658 g/mol. The molecule has 6 rings (SSSR count). The first-order chi connectivity index (χ1) is 24.2. The molecule has 0 unspecified atom stereocenters. The average Bonchev–Trinajstić information content (AvgIpc) is 3.47. The van der Waals surface area contributed by atoms with Gasteiger partial charge >= 0.3 is 0 Å². The lowest BCUT2D eigenvalue weighted by atomic mass is 9.78. The lowest BCUT2D eigenvalue weighted by Crippen LogP contribution is -2.60. The Labute approximate surface area is 306 Å². The second kappa shape index (κ2) is 19.1. The van der Waals surface area contributed by atoms with Gasteiger partial charge in [0.2, 0.25) is 18.7 Å². The third-order valence-electron chi connectivity index (χ3n) is 11.2. The molecule has 0 radical (unpaired) electrons. The third kappa shape index (κ3) is 12.5. The van der Waals surface area contributed by atoms with E-state index < -0.39 is 11.3 Å². The van der Waals surface area contributed by atoms with Gasteiger partial charge in [0.05, 0.1) is 18.4 Å². The van der Waals surface area contributed by atoms with Gasteiger partial charge in [-0.2, -0.15) is 5.10 Å². The van der Waals surface area contributed by atoms with Crippen molar-refractivity contribution in [3.05, 3.63) is 18.0 Å². The monoisotopic (exact) mass is 727 g/mol. The molecule has 51 heavy (non-hydrogen) atoms. The van der Waals surface area contributed by atoms with E-state index in [1.165, 1.54) is 0 Å². The number of hydrogen-bond donors (Lipinski definition) is 2. The van der Waals surface area contributed by atoms with Crippen LogP contribution in [0.15, 0.2) is 12.4 Å². The first-order valence-electron chi connectivity index (χ1n) is 19.1. The van der Waals surface area contributed by atoms with Crippen LogP contribution in [0.25, 0.3) is 0 Å². The van der Waals surface area contributed by atoms with Crippen LogP contribution < -0.4 is 5.32 Å². The van der Waals surface area contributed by atoms with E-state index in [4.69, 9.17) is 4.74 Å². The van der Waals surface area contributed by atoms with Gasteiger partial charge in [-0.05, 0) is 76.0 Å². The second-order valence-corrected chi connectivity index (χ2v) is 15.9. The van der Waals surface area contributed by atoms with Gasteiger partial charge in [0.25, 0.3) is 5.91 Å². The summed E-state index contributed by atoms with van der Waals surface area (Å²) in [6.07, 6.45) is 12.4. The molecule has 2 aliphatic carbocycles. The fourth-order valence-electron chi connectivity index (χ4n) is 7.56. The maximum Gasteiger partial charge on any atom is 0.257 e. The van der Waals surface area contributed by atoms with Crippen LogP contribution in [0.4, 0.5) is 8.78 Å². The quantitative estimate of drug-likeness (QED) is 0.211. The molecule has 1 atom stereocenters. The largest absolute Gasteiger partial charge is 0.379 e. The Hall–Kier alpha value is -3.09. The number of aromatic nitrogens is 2. The van der Waals surface area contributed by atoms with Crippen molar-refractivity contribution >= 4 is 24.6 Å². The van der Waals surface area contributed by atoms with E-state index in [1.807, 2.05) is 30.6 Å². The SMILES string of the molecule is CC.CC1(C)C[C@@H]1C(=O)N1CC2(CCN(C(=O)c3cn[nH]c3)C2)C1.CC1(F)CCC(COCCNC=O)CC1.CCCC1(F)CCN(C=O)CC1.[HH].[HH]. The highest BCUT2D eigenvalue weighted by molar-refractivity contribution is 5.94. The lowest BCUT2D eigenvalue weighted by molar-refractivity contribution is -0.144. The Kier molecular flexibility index (Phi) is 15.9. The Morgan fingerprint density at radius 1 is 1.02 bits per heavy atom. The van der Waals surface area contributed by atoms with E-state index in [0.29, 0.717) is 88.8 Å². The number of amides is 4. The first kappa shape index (κ1) is 42.3. The maximum absolute atomic E-state index is 13.7. The zero-order valence-electron chi connectivity index (χ0n) is 32.0. The van der Waals surface area contributed by atoms with Gasteiger partial charge in [-0.1, -0.05) is 41.0 Å². The molecule has 1 spiro atoms. The normalized spacial score (nSPS) is 26.5. The van der Waals surface area contributed by atoms with E-state index in [9.17, 15) is 28.0 Å². The maximum atomic E-state index is 13.7. The molecule has 3 saturated heterocycles. The van der Waals surface area contributed by atoms with Gasteiger partial charge in [0, 0.05) is 72.8 Å². The number of nitrogens with zero attached hydrogens (tertiary/aromatic N) is 4. The van der Waals surface area contributed by atoms with Crippen LogP contribution in [0, 0.1) is 22.7 Å². The Morgan fingerprint density at radius 3 is 2.18 bits per heavy atom. The van der Waals surface area contributed by atoms with E-state index in [1.54, 1.807) is 24.2 Å². The molecule has 13 heteroatoms. The molecule has 0 aromatic carbocycles. The lowest BCUT2D eigenvalue weighted by Gasteiger charge is -2.48. The summed E-state index contributed by atoms with van der Waals surface area (Å²) in [4.78, 5) is 50.5. The van der Waals surface area contributed by atoms with Crippen molar-refractivity contribution < 1.29 is 35.5 Å². The van der Waals surface area contributed by atoms with Crippen LogP contribution in [0.5, 0.6) is 0 Å². The van der Waals surface area contributed by atoms with E-state index >= 15 is 0 Å². The number of rotatable bonds is 11. The number of carbonyl (C=O) groups excluding carboxylic acids is 4. The molecule has 1 aromatic heterocycles. The highest BCUT2D eigenvalue weighted by Gasteiger charge is 2.57. The third-order valence-corrected chi connectivity index (χ3v) is 11.2. The van der Waals surface area contributed by atoms with Gasteiger partial charge in [0.15, 0.2) is 0 Å². The van der Waals surface area contributed by atoms with Crippen molar-refractivity contribution in [3.8, 4) is 0 Å². The minimum atomic E-state index is -0.992. The van der Waals surface area contributed by atoms with Crippen LogP contribution >= 0.6 is 0 Å². The van der Waals surface area contributed by atoms with Crippen LogP contribution in [-0.4, -0.2) is 120 Å². The molecule has 294 valence electrons. The Balaban J connectivity index is 0.000000401. The molecule has 11 nitrogen and oxygen atoms in total. The summed E-state index contributed by atoms with van der Waals surface area (Å²) in [6.45, 7) is 18.1. The van der Waals surface area contributed by atoms with Crippen molar-refractivity contribution in [1.82, 2.24) is 30.2 Å². The number of halogens is 2. The van der Waals surface area contributed by atoms with Crippen molar-refractivity contribution in [2.24, 2.45) is 22.7 Å². The number of hydrogen-bond acceptors (Lipinski definition) is 6. The highest BCUT2D eigenvalue weighted by atomic mass is 19.1. The zero-order valence-corrected chi connectivity index (χ0v) is 32.0. The summed E-state index contributed by atoms with van der Waals surface area (Å²) in [7, 11) is 0. The fraction of sp³-hybridized carbons (Fsp3) is 0.816. The summed E-state index contributed by atoms with van der Waals surface area (Å²) in [6, 6.07) is 0. The number of H-pyrrole nitrogens is 1. The van der Waals surface area contributed by atoms with Crippen molar-refractivity contribution in [3.63, 3.8) is 0 Å². The number of ether oxygens (including phenoxy) is 1. The summed E-state index contributed by atoms with van der Waals surface area (Å²) in [5.41, 5.74) is -1.01. The van der Waals surface area contributed by atoms with Gasteiger partial charge in [0.1, 0.15) is 11.3 Å². The number of piperidine rings is 1. The standard InChI is InChI=1S/C16H22N4O2.C11H20FNO2.C9H16FNO.C2H6.2H2/c1-15(2)5-12(15)14(22)20-9-16(10-20)3-4-19(8-16)13(21)11-6-17-18-7-11;1-11(12)4-2-10(3-5-11)8-15-7-6-13-9-14;1-2-3-9(10)4-6-11(8-12)7-5-9;1-2;;/h6-7,12H,3-5,8-10H2,1-2H3,(H,17,18);9-10H,2-8H2,1H3,(H,13,14);8H,2-7H2,1H3;1-2H3;2*1H/t12-;;;;;/m1...../s1. The molecule has 3 aliphatic heterocycles.